The Morgan fingerprint density at radius 1 is 0.692 bits per heavy atom. The summed E-state index contributed by atoms with van der Waals surface area (Å²) in [6.07, 6.45) is 2.04. The van der Waals surface area contributed by atoms with E-state index in [0.29, 0.717) is 23.0 Å². The van der Waals surface area contributed by atoms with Gasteiger partial charge in [0.1, 0.15) is 0 Å². The summed E-state index contributed by atoms with van der Waals surface area (Å²) in [6, 6.07) is 8.01. The average Bonchev–Trinajstić information content (AvgIpc) is 2.70. The van der Waals surface area contributed by atoms with Gasteiger partial charge >= 0.3 is 0 Å². The minimum atomic E-state index is 0.586. The summed E-state index contributed by atoms with van der Waals surface area (Å²) in [5.74, 6) is 3.32. The lowest BCUT2D eigenvalue weighted by Crippen LogP contribution is -2.24. The molecule has 0 radical (unpaired) electrons. The summed E-state index contributed by atoms with van der Waals surface area (Å²) in [5.41, 5.74) is 3.30. The molecule has 2 aromatic rings. The second kappa shape index (κ2) is 7.64. The first kappa shape index (κ1) is 18.0. The molecule has 2 aromatic carbocycles. The minimum Gasteiger partial charge on any atom is -0.493 e. The number of nitrogens with zero attached hydrogens (tertiary/aromatic N) is 1. The van der Waals surface area contributed by atoms with Crippen molar-refractivity contribution in [2.45, 2.75) is 12.8 Å². The number of hydrogen-bond donors (Lipinski definition) is 0. The number of anilines is 2. The van der Waals surface area contributed by atoms with Crippen LogP contribution >= 0.6 is 0 Å². The first-order chi connectivity index (χ1) is 12.7. The molecule has 1 aliphatic heterocycles. The SMILES string of the molecule is COc1cc2c(cc1OC)N(c1cc(OC)c(OC)c(OC)c1)CCC2. The van der Waals surface area contributed by atoms with Crippen molar-refractivity contribution in [2.24, 2.45) is 0 Å². The smallest absolute Gasteiger partial charge is 0.203 e. The molecule has 6 heteroatoms. The number of fused-ring (bicyclic) bond motifs is 1. The molecule has 1 aliphatic rings. The highest BCUT2D eigenvalue weighted by atomic mass is 16.5. The standard InChI is InChI=1S/C20H25NO5/c1-22-16-9-13-7-6-8-21(15(13)12-17(16)23-2)14-10-18(24-3)20(26-5)19(11-14)25-4/h9-12H,6-8H2,1-5H3. The van der Waals surface area contributed by atoms with Crippen LogP contribution < -0.4 is 28.6 Å². The van der Waals surface area contributed by atoms with E-state index in [9.17, 15) is 0 Å². The molecule has 140 valence electrons. The lowest BCUT2D eigenvalue weighted by Gasteiger charge is -2.32. The Morgan fingerprint density at radius 2 is 1.27 bits per heavy atom. The van der Waals surface area contributed by atoms with Gasteiger partial charge in [-0.15, -0.1) is 0 Å². The molecule has 0 bridgehead atoms. The molecular formula is C20H25NO5. The summed E-state index contributed by atoms with van der Waals surface area (Å²) in [5, 5.41) is 0. The Kier molecular flexibility index (Phi) is 5.30. The highest BCUT2D eigenvalue weighted by Gasteiger charge is 2.24. The van der Waals surface area contributed by atoms with Crippen molar-refractivity contribution >= 4 is 11.4 Å². The molecule has 0 N–H and O–H groups in total. The van der Waals surface area contributed by atoms with Gasteiger partial charge in [0, 0.05) is 36.1 Å². The van der Waals surface area contributed by atoms with E-state index >= 15 is 0 Å². The third-order valence-electron chi connectivity index (χ3n) is 4.66. The van der Waals surface area contributed by atoms with Crippen LogP contribution in [0.2, 0.25) is 0 Å². The third kappa shape index (κ3) is 3.07. The van der Waals surface area contributed by atoms with Crippen LogP contribution in [0.5, 0.6) is 28.7 Å². The zero-order valence-electron chi connectivity index (χ0n) is 15.9. The Hall–Kier alpha value is -2.76. The van der Waals surface area contributed by atoms with E-state index in [4.69, 9.17) is 23.7 Å². The molecule has 0 amide bonds. The summed E-state index contributed by atoms with van der Waals surface area (Å²) in [6.45, 7) is 0.890. The van der Waals surface area contributed by atoms with Crippen LogP contribution in [-0.4, -0.2) is 42.1 Å². The molecule has 0 unspecified atom stereocenters. The molecule has 0 atom stereocenters. The monoisotopic (exact) mass is 359 g/mol. The highest BCUT2D eigenvalue weighted by molar-refractivity contribution is 5.75. The van der Waals surface area contributed by atoms with Gasteiger partial charge in [-0.2, -0.15) is 0 Å². The maximum absolute atomic E-state index is 5.50. The summed E-state index contributed by atoms with van der Waals surface area (Å²) in [4.78, 5) is 2.24. The molecule has 6 nitrogen and oxygen atoms in total. The molecule has 1 heterocycles. The van der Waals surface area contributed by atoms with Crippen LogP contribution in [0.25, 0.3) is 0 Å². The molecule has 0 saturated heterocycles. The number of rotatable bonds is 6. The van der Waals surface area contributed by atoms with Gasteiger partial charge in [-0.1, -0.05) is 0 Å². The normalized spacial score (nSPS) is 13.0. The number of hydrogen-bond acceptors (Lipinski definition) is 6. The Labute approximate surface area is 154 Å². The third-order valence-corrected chi connectivity index (χ3v) is 4.66. The predicted molar refractivity (Wildman–Crippen MR) is 101 cm³/mol. The molecule has 3 rings (SSSR count). The molecule has 0 spiro atoms. The van der Waals surface area contributed by atoms with Crippen LogP contribution in [0.15, 0.2) is 24.3 Å². The number of ether oxygens (including phenoxy) is 5. The lowest BCUT2D eigenvalue weighted by molar-refractivity contribution is 0.324. The predicted octanol–water partition coefficient (Wildman–Crippen LogP) is 3.81. The first-order valence-corrected chi connectivity index (χ1v) is 8.49. The van der Waals surface area contributed by atoms with Crippen LogP contribution in [0.4, 0.5) is 11.4 Å². The van der Waals surface area contributed by atoms with Crippen molar-refractivity contribution < 1.29 is 23.7 Å². The average molecular weight is 359 g/mol. The fourth-order valence-corrected chi connectivity index (χ4v) is 3.40. The summed E-state index contributed by atoms with van der Waals surface area (Å²) < 4.78 is 27.4. The molecule has 0 aliphatic carbocycles. The maximum atomic E-state index is 5.50. The van der Waals surface area contributed by atoms with Gasteiger partial charge in [0.25, 0.3) is 0 Å². The molecule has 0 aromatic heterocycles. The van der Waals surface area contributed by atoms with Crippen molar-refractivity contribution in [1.29, 1.82) is 0 Å². The van der Waals surface area contributed by atoms with Gasteiger partial charge in [0.2, 0.25) is 5.75 Å². The lowest BCUT2D eigenvalue weighted by atomic mass is 10.00. The number of aryl methyl sites for hydroxylation is 1. The highest BCUT2D eigenvalue weighted by Crippen LogP contribution is 2.45. The zero-order valence-corrected chi connectivity index (χ0v) is 15.9. The van der Waals surface area contributed by atoms with Crippen molar-refractivity contribution in [3.8, 4) is 28.7 Å². The van der Waals surface area contributed by atoms with Gasteiger partial charge in [0.15, 0.2) is 23.0 Å². The topological polar surface area (TPSA) is 49.4 Å². The Bertz CT molecular complexity index is 765. The largest absolute Gasteiger partial charge is 0.493 e. The van der Waals surface area contributed by atoms with Gasteiger partial charge in [-0.05, 0) is 24.5 Å². The second-order valence-corrected chi connectivity index (χ2v) is 5.97. The first-order valence-electron chi connectivity index (χ1n) is 8.49. The van der Waals surface area contributed by atoms with Crippen molar-refractivity contribution in [3.63, 3.8) is 0 Å². The van der Waals surface area contributed by atoms with Crippen molar-refractivity contribution in [1.82, 2.24) is 0 Å². The van der Waals surface area contributed by atoms with E-state index < -0.39 is 0 Å². The minimum absolute atomic E-state index is 0.586. The number of benzene rings is 2. The number of methoxy groups -OCH3 is 5. The molecule has 26 heavy (non-hydrogen) atoms. The van der Waals surface area contributed by atoms with Crippen LogP contribution in [0.1, 0.15) is 12.0 Å². The van der Waals surface area contributed by atoms with Crippen molar-refractivity contribution in [3.05, 3.63) is 29.8 Å². The van der Waals surface area contributed by atoms with E-state index in [-0.39, 0.29) is 0 Å². The van der Waals surface area contributed by atoms with E-state index in [1.54, 1.807) is 35.5 Å². The Morgan fingerprint density at radius 3 is 1.81 bits per heavy atom. The van der Waals surface area contributed by atoms with E-state index in [0.717, 1.165) is 36.5 Å². The van der Waals surface area contributed by atoms with Crippen LogP contribution in [-0.2, 0) is 6.42 Å². The van der Waals surface area contributed by atoms with Crippen molar-refractivity contribution in [2.75, 3.05) is 47.0 Å². The molecule has 0 fully saturated rings. The second-order valence-electron chi connectivity index (χ2n) is 5.97. The van der Waals surface area contributed by atoms with Crippen LogP contribution in [0, 0.1) is 0 Å². The fraction of sp³-hybridized carbons (Fsp3) is 0.400. The molecule has 0 saturated carbocycles. The summed E-state index contributed by atoms with van der Waals surface area (Å²) >= 11 is 0. The quantitative estimate of drug-likeness (QED) is 0.782. The Balaban J connectivity index is 2.12. The maximum Gasteiger partial charge on any atom is 0.203 e. The van der Waals surface area contributed by atoms with Crippen LogP contribution in [0.3, 0.4) is 0 Å². The van der Waals surface area contributed by atoms with Gasteiger partial charge < -0.3 is 28.6 Å². The summed E-state index contributed by atoms with van der Waals surface area (Å²) in [7, 11) is 8.16. The van der Waals surface area contributed by atoms with E-state index in [2.05, 4.69) is 11.0 Å². The molecular weight excluding hydrogens is 334 g/mol. The van der Waals surface area contributed by atoms with Gasteiger partial charge in [0.05, 0.1) is 35.5 Å². The fourth-order valence-electron chi connectivity index (χ4n) is 3.40. The van der Waals surface area contributed by atoms with Gasteiger partial charge in [-0.3, -0.25) is 0 Å². The van der Waals surface area contributed by atoms with E-state index in [1.165, 1.54) is 5.56 Å². The van der Waals surface area contributed by atoms with Gasteiger partial charge in [-0.25, -0.2) is 0 Å². The zero-order chi connectivity index (χ0) is 18.7. The van der Waals surface area contributed by atoms with E-state index in [1.807, 2.05) is 18.2 Å².